The van der Waals surface area contributed by atoms with Crippen molar-refractivity contribution in [1.82, 2.24) is 5.32 Å². The van der Waals surface area contributed by atoms with Crippen molar-refractivity contribution in [3.8, 4) is 0 Å². The lowest BCUT2D eigenvalue weighted by molar-refractivity contribution is -0.384. The molecule has 0 spiro atoms. The first-order valence-corrected chi connectivity index (χ1v) is 7.15. The molecule has 0 aromatic heterocycles. The van der Waals surface area contributed by atoms with Crippen LogP contribution in [0, 0.1) is 10.1 Å². The average Bonchev–Trinajstić information content (AvgIpc) is 2.54. The number of aryl methyl sites for hydroxylation is 1. The standard InChI is InChI=1S/C17H18N2O3/c1-13(7-8-14-5-3-2-4-6-14)18-17(20)15-9-11-16(12-10-15)19(21)22/h2-6,9-13H,7-8H2,1H3,(H,18,20). The van der Waals surface area contributed by atoms with E-state index < -0.39 is 4.92 Å². The third kappa shape index (κ3) is 4.41. The van der Waals surface area contributed by atoms with Crippen molar-refractivity contribution in [3.63, 3.8) is 0 Å². The molecule has 0 fully saturated rings. The monoisotopic (exact) mass is 298 g/mol. The predicted octanol–water partition coefficient (Wildman–Crippen LogP) is 3.35. The molecule has 0 aliphatic rings. The number of rotatable bonds is 6. The first-order valence-electron chi connectivity index (χ1n) is 7.15. The molecular formula is C17H18N2O3. The van der Waals surface area contributed by atoms with Gasteiger partial charge in [0.25, 0.3) is 11.6 Å². The van der Waals surface area contributed by atoms with E-state index in [-0.39, 0.29) is 17.6 Å². The number of hydrogen-bond acceptors (Lipinski definition) is 3. The van der Waals surface area contributed by atoms with Crippen LogP contribution in [0.3, 0.4) is 0 Å². The summed E-state index contributed by atoms with van der Waals surface area (Å²) in [6, 6.07) is 15.7. The number of carbonyl (C=O) groups is 1. The highest BCUT2D eigenvalue weighted by atomic mass is 16.6. The fourth-order valence-corrected chi connectivity index (χ4v) is 2.14. The smallest absolute Gasteiger partial charge is 0.269 e. The van der Waals surface area contributed by atoms with Crippen LogP contribution in [0.2, 0.25) is 0 Å². The van der Waals surface area contributed by atoms with Gasteiger partial charge in [-0.1, -0.05) is 30.3 Å². The summed E-state index contributed by atoms with van der Waals surface area (Å²) in [4.78, 5) is 22.2. The SMILES string of the molecule is CC(CCc1ccccc1)NC(=O)c1ccc([N+](=O)[O-])cc1. The van der Waals surface area contributed by atoms with Crippen LogP contribution in [0.25, 0.3) is 0 Å². The van der Waals surface area contributed by atoms with Crippen molar-refractivity contribution >= 4 is 11.6 Å². The zero-order valence-electron chi connectivity index (χ0n) is 12.4. The summed E-state index contributed by atoms with van der Waals surface area (Å²) in [7, 11) is 0. The van der Waals surface area contributed by atoms with Gasteiger partial charge in [-0.3, -0.25) is 14.9 Å². The van der Waals surface area contributed by atoms with Crippen molar-refractivity contribution < 1.29 is 9.72 Å². The van der Waals surface area contributed by atoms with Crippen molar-refractivity contribution in [2.24, 2.45) is 0 Å². The lowest BCUT2D eigenvalue weighted by atomic mass is 10.1. The van der Waals surface area contributed by atoms with Crippen molar-refractivity contribution in [1.29, 1.82) is 0 Å². The maximum absolute atomic E-state index is 12.1. The van der Waals surface area contributed by atoms with E-state index in [2.05, 4.69) is 17.4 Å². The zero-order chi connectivity index (χ0) is 15.9. The summed E-state index contributed by atoms with van der Waals surface area (Å²) in [6.07, 6.45) is 1.73. The molecule has 1 amide bonds. The minimum Gasteiger partial charge on any atom is -0.350 e. The Morgan fingerprint density at radius 3 is 2.36 bits per heavy atom. The van der Waals surface area contributed by atoms with Crippen LogP contribution >= 0.6 is 0 Å². The molecule has 0 radical (unpaired) electrons. The summed E-state index contributed by atoms with van der Waals surface area (Å²) in [5.74, 6) is -0.213. The molecule has 22 heavy (non-hydrogen) atoms. The van der Waals surface area contributed by atoms with Gasteiger partial charge in [0.1, 0.15) is 0 Å². The molecular weight excluding hydrogens is 280 g/mol. The highest BCUT2D eigenvalue weighted by molar-refractivity contribution is 5.94. The average molecular weight is 298 g/mol. The first-order chi connectivity index (χ1) is 10.6. The van der Waals surface area contributed by atoms with Crippen molar-refractivity contribution in [2.45, 2.75) is 25.8 Å². The van der Waals surface area contributed by atoms with E-state index in [1.807, 2.05) is 25.1 Å². The van der Waals surface area contributed by atoms with Crippen molar-refractivity contribution in [3.05, 3.63) is 75.8 Å². The number of amides is 1. The molecule has 5 heteroatoms. The van der Waals surface area contributed by atoms with Crippen LogP contribution in [0.1, 0.15) is 29.3 Å². The third-order valence-corrected chi connectivity index (χ3v) is 3.43. The molecule has 0 aliphatic carbocycles. The molecule has 2 rings (SSSR count). The summed E-state index contributed by atoms with van der Waals surface area (Å²) >= 11 is 0. The van der Waals surface area contributed by atoms with Gasteiger partial charge in [0, 0.05) is 23.7 Å². The van der Waals surface area contributed by atoms with Gasteiger partial charge in [0.05, 0.1) is 4.92 Å². The minimum absolute atomic E-state index is 0.0197. The van der Waals surface area contributed by atoms with Gasteiger partial charge in [-0.15, -0.1) is 0 Å². The number of nitro groups is 1. The first kappa shape index (κ1) is 15.7. The molecule has 0 heterocycles. The molecule has 0 saturated carbocycles. The molecule has 0 aliphatic heterocycles. The number of non-ortho nitro benzene ring substituents is 1. The molecule has 2 aromatic carbocycles. The highest BCUT2D eigenvalue weighted by Gasteiger charge is 2.12. The molecule has 1 N–H and O–H groups in total. The number of benzene rings is 2. The van der Waals surface area contributed by atoms with Crippen LogP contribution in [-0.4, -0.2) is 16.9 Å². The maximum Gasteiger partial charge on any atom is 0.269 e. The fraction of sp³-hybridized carbons (Fsp3) is 0.235. The van der Waals surface area contributed by atoms with Gasteiger partial charge < -0.3 is 5.32 Å². The number of carbonyl (C=O) groups excluding carboxylic acids is 1. The second-order valence-electron chi connectivity index (χ2n) is 5.20. The molecule has 114 valence electrons. The lowest BCUT2D eigenvalue weighted by Crippen LogP contribution is -2.32. The summed E-state index contributed by atoms with van der Waals surface area (Å²) < 4.78 is 0. The Labute approximate surface area is 129 Å². The fourth-order valence-electron chi connectivity index (χ4n) is 2.14. The second-order valence-corrected chi connectivity index (χ2v) is 5.20. The van der Waals surface area contributed by atoms with E-state index >= 15 is 0 Å². The van der Waals surface area contributed by atoms with E-state index in [1.165, 1.54) is 29.8 Å². The minimum atomic E-state index is -0.482. The Hall–Kier alpha value is -2.69. The Bertz CT molecular complexity index is 639. The molecule has 0 saturated heterocycles. The summed E-state index contributed by atoms with van der Waals surface area (Å²) in [5, 5.41) is 13.5. The third-order valence-electron chi connectivity index (χ3n) is 3.43. The Balaban J connectivity index is 1.86. The van der Waals surface area contributed by atoms with Gasteiger partial charge in [-0.05, 0) is 37.5 Å². The largest absolute Gasteiger partial charge is 0.350 e. The molecule has 1 unspecified atom stereocenters. The van der Waals surface area contributed by atoms with E-state index in [0.717, 1.165) is 12.8 Å². The quantitative estimate of drug-likeness (QED) is 0.656. The maximum atomic E-state index is 12.1. The Kier molecular flexibility index (Phi) is 5.25. The summed E-state index contributed by atoms with van der Waals surface area (Å²) in [5.41, 5.74) is 1.64. The van der Waals surface area contributed by atoms with Gasteiger partial charge >= 0.3 is 0 Å². The van der Waals surface area contributed by atoms with E-state index in [4.69, 9.17) is 0 Å². The Morgan fingerprint density at radius 2 is 1.77 bits per heavy atom. The molecule has 0 bridgehead atoms. The van der Waals surface area contributed by atoms with Gasteiger partial charge in [-0.25, -0.2) is 0 Å². The van der Waals surface area contributed by atoms with Crippen LogP contribution in [-0.2, 0) is 6.42 Å². The topological polar surface area (TPSA) is 72.2 Å². The van der Waals surface area contributed by atoms with Gasteiger partial charge in [0.2, 0.25) is 0 Å². The van der Waals surface area contributed by atoms with Crippen LogP contribution in [0.15, 0.2) is 54.6 Å². The normalized spacial score (nSPS) is 11.7. The molecule has 2 aromatic rings. The van der Waals surface area contributed by atoms with E-state index in [9.17, 15) is 14.9 Å². The molecule has 5 nitrogen and oxygen atoms in total. The highest BCUT2D eigenvalue weighted by Crippen LogP contribution is 2.12. The number of nitrogens with zero attached hydrogens (tertiary/aromatic N) is 1. The number of hydrogen-bond donors (Lipinski definition) is 1. The number of nitrogens with one attached hydrogen (secondary N) is 1. The van der Waals surface area contributed by atoms with Crippen molar-refractivity contribution in [2.75, 3.05) is 0 Å². The van der Waals surface area contributed by atoms with E-state index in [0.29, 0.717) is 5.56 Å². The van der Waals surface area contributed by atoms with Crippen LogP contribution < -0.4 is 5.32 Å². The Morgan fingerprint density at radius 1 is 1.14 bits per heavy atom. The van der Waals surface area contributed by atoms with Gasteiger partial charge in [-0.2, -0.15) is 0 Å². The number of nitro benzene ring substituents is 1. The van der Waals surface area contributed by atoms with E-state index in [1.54, 1.807) is 0 Å². The van der Waals surface area contributed by atoms with Crippen LogP contribution in [0.4, 0.5) is 5.69 Å². The molecule has 1 atom stereocenters. The summed E-state index contributed by atoms with van der Waals surface area (Å²) in [6.45, 7) is 1.95. The van der Waals surface area contributed by atoms with Gasteiger partial charge in [0.15, 0.2) is 0 Å². The second kappa shape index (κ2) is 7.36. The zero-order valence-corrected chi connectivity index (χ0v) is 12.4. The van der Waals surface area contributed by atoms with Crippen LogP contribution in [0.5, 0.6) is 0 Å². The lowest BCUT2D eigenvalue weighted by Gasteiger charge is -2.14. The predicted molar refractivity (Wildman–Crippen MR) is 84.8 cm³/mol.